The maximum absolute atomic E-state index is 11.5. The van der Waals surface area contributed by atoms with E-state index in [2.05, 4.69) is 10.1 Å². The Balaban J connectivity index is 1.50. The van der Waals surface area contributed by atoms with E-state index < -0.39 is 14.9 Å². The topological polar surface area (TPSA) is 145 Å². The van der Waals surface area contributed by atoms with Gasteiger partial charge in [-0.3, -0.25) is 10.1 Å². The van der Waals surface area contributed by atoms with E-state index in [1.807, 2.05) is 35.2 Å². The highest BCUT2D eigenvalue weighted by Crippen LogP contribution is 2.35. The van der Waals surface area contributed by atoms with Crippen LogP contribution in [0.15, 0.2) is 57.9 Å². The largest absolute Gasteiger partial charge is 0.366 e. The van der Waals surface area contributed by atoms with Crippen LogP contribution in [-0.4, -0.2) is 36.6 Å². The number of hydrogen-bond acceptors (Lipinski definition) is 8. The van der Waals surface area contributed by atoms with Crippen molar-refractivity contribution in [3.63, 3.8) is 0 Å². The summed E-state index contributed by atoms with van der Waals surface area (Å²) < 4.78 is 28.5. The van der Waals surface area contributed by atoms with E-state index in [-0.39, 0.29) is 16.5 Å². The molecule has 2 heterocycles. The van der Waals surface area contributed by atoms with E-state index >= 15 is 0 Å². The van der Waals surface area contributed by atoms with Crippen LogP contribution in [0.5, 0.6) is 0 Å². The molecule has 30 heavy (non-hydrogen) atoms. The second-order valence-corrected chi connectivity index (χ2v) is 8.60. The summed E-state index contributed by atoms with van der Waals surface area (Å²) in [5, 5.41) is 20.6. The predicted molar refractivity (Wildman–Crippen MR) is 108 cm³/mol. The predicted octanol–water partition coefficient (Wildman–Crippen LogP) is 2.68. The Morgan fingerprint density at radius 1 is 1.13 bits per heavy atom. The molecule has 2 aromatic carbocycles. The van der Waals surface area contributed by atoms with Crippen LogP contribution in [0.1, 0.15) is 24.7 Å². The minimum atomic E-state index is -4.02. The van der Waals surface area contributed by atoms with Gasteiger partial charge in [-0.05, 0) is 25.0 Å². The number of nitro benzene ring substituents is 1. The third-order valence-corrected chi connectivity index (χ3v) is 6.04. The lowest BCUT2D eigenvalue weighted by molar-refractivity contribution is -0.384. The number of nitrogens with two attached hydrogens (primary N) is 1. The van der Waals surface area contributed by atoms with Gasteiger partial charge in [0, 0.05) is 30.6 Å². The Kier molecular flexibility index (Phi) is 5.22. The van der Waals surface area contributed by atoms with Crippen LogP contribution in [0.25, 0.3) is 11.4 Å². The van der Waals surface area contributed by atoms with Crippen LogP contribution >= 0.6 is 0 Å². The quantitative estimate of drug-likeness (QED) is 0.481. The van der Waals surface area contributed by atoms with Crippen LogP contribution in [0.3, 0.4) is 0 Å². The zero-order valence-corrected chi connectivity index (χ0v) is 16.7. The molecule has 0 bridgehead atoms. The summed E-state index contributed by atoms with van der Waals surface area (Å²) in [6, 6.07) is 13.2. The maximum atomic E-state index is 11.5. The van der Waals surface area contributed by atoms with Crippen LogP contribution < -0.4 is 10.0 Å². The standard InChI is InChI=1S/C19H19N5O5S/c20-30(27,28)15-6-7-16(17(12-15)24(25)26)23-10-8-14(9-11-23)19-21-18(22-29-19)13-4-2-1-3-5-13/h1-7,12,14H,8-11H2,(H2,20,27,28). The van der Waals surface area contributed by atoms with Crippen LogP contribution in [0.2, 0.25) is 0 Å². The first kappa shape index (κ1) is 20.0. The molecule has 1 fully saturated rings. The number of hydrogen-bond donors (Lipinski definition) is 1. The lowest BCUT2D eigenvalue weighted by atomic mass is 9.96. The molecule has 0 unspecified atom stereocenters. The Morgan fingerprint density at radius 3 is 2.47 bits per heavy atom. The number of nitro groups is 1. The third kappa shape index (κ3) is 4.02. The molecule has 10 nitrogen and oxygen atoms in total. The summed E-state index contributed by atoms with van der Waals surface area (Å²) in [4.78, 5) is 17.0. The number of benzene rings is 2. The number of rotatable bonds is 5. The molecule has 1 aliphatic heterocycles. The number of piperidine rings is 1. The molecule has 2 N–H and O–H groups in total. The second-order valence-electron chi connectivity index (χ2n) is 7.04. The van der Waals surface area contributed by atoms with Crippen LogP contribution in [-0.2, 0) is 10.0 Å². The Labute approximate surface area is 172 Å². The first-order valence-corrected chi connectivity index (χ1v) is 10.8. The summed E-state index contributed by atoms with van der Waals surface area (Å²) in [6.45, 7) is 1.06. The van der Waals surface area contributed by atoms with Crippen molar-refractivity contribution >= 4 is 21.4 Å². The van der Waals surface area contributed by atoms with E-state index in [0.29, 0.717) is 43.3 Å². The zero-order chi connectivity index (χ0) is 21.3. The van der Waals surface area contributed by atoms with E-state index in [9.17, 15) is 18.5 Å². The number of anilines is 1. The number of aromatic nitrogens is 2. The van der Waals surface area contributed by atoms with Gasteiger partial charge in [-0.2, -0.15) is 4.98 Å². The molecule has 1 aliphatic rings. The summed E-state index contributed by atoms with van der Waals surface area (Å²) in [7, 11) is -4.02. The van der Waals surface area contributed by atoms with E-state index in [1.165, 1.54) is 12.1 Å². The normalized spacial score (nSPS) is 15.3. The van der Waals surface area contributed by atoms with Gasteiger partial charge in [0.15, 0.2) is 0 Å². The van der Waals surface area contributed by atoms with Gasteiger partial charge in [0.2, 0.25) is 21.7 Å². The fraction of sp³-hybridized carbons (Fsp3) is 0.263. The van der Waals surface area contributed by atoms with Crippen molar-refractivity contribution in [2.45, 2.75) is 23.7 Å². The molecule has 11 heteroatoms. The van der Waals surface area contributed by atoms with Gasteiger partial charge in [0.05, 0.1) is 9.82 Å². The summed E-state index contributed by atoms with van der Waals surface area (Å²) >= 11 is 0. The minimum absolute atomic E-state index is 0.0500. The SMILES string of the molecule is NS(=O)(=O)c1ccc(N2CCC(c3nc(-c4ccccc4)no3)CC2)c([N+](=O)[O-])c1. The average Bonchev–Trinajstić information content (AvgIpc) is 3.24. The van der Waals surface area contributed by atoms with Crippen molar-refractivity contribution < 1.29 is 17.9 Å². The van der Waals surface area contributed by atoms with Gasteiger partial charge in [0.25, 0.3) is 5.69 Å². The molecule has 3 aromatic rings. The Bertz CT molecular complexity index is 1170. The van der Waals surface area contributed by atoms with Gasteiger partial charge in [-0.1, -0.05) is 35.5 Å². The molecule has 4 rings (SSSR count). The van der Waals surface area contributed by atoms with Crippen molar-refractivity contribution in [2.24, 2.45) is 5.14 Å². The maximum Gasteiger partial charge on any atom is 0.293 e. The fourth-order valence-corrected chi connectivity index (χ4v) is 4.10. The van der Waals surface area contributed by atoms with Crippen LogP contribution in [0, 0.1) is 10.1 Å². The van der Waals surface area contributed by atoms with Crippen molar-refractivity contribution in [1.82, 2.24) is 10.1 Å². The first-order valence-electron chi connectivity index (χ1n) is 9.28. The van der Waals surface area contributed by atoms with Crippen molar-refractivity contribution in [2.75, 3.05) is 18.0 Å². The number of sulfonamides is 1. The summed E-state index contributed by atoms with van der Waals surface area (Å²) in [6.07, 6.45) is 1.34. The van der Waals surface area contributed by atoms with Gasteiger partial charge in [0.1, 0.15) is 5.69 Å². The molecule has 0 saturated carbocycles. The highest BCUT2D eigenvalue weighted by molar-refractivity contribution is 7.89. The molecule has 0 amide bonds. The molecular formula is C19H19N5O5S. The number of nitrogens with zero attached hydrogens (tertiary/aromatic N) is 4. The Hall–Kier alpha value is -3.31. The molecule has 0 atom stereocenters. The molecule has 0 spiro atoms. The molecular weight excluding hydrogens is 410 g/mol. The molecule has 1 aromatic heterocycles. The third-order valence-electron chi connectivity index (χ3n) is 5.13. The molecule has 0 radical (unpaired) electrons. The van der Waals surface area contributed by atoms with Crippen LogP contribution in [0.4, 0.5) is 11.4 Å². The number of primary sulfonamides is 1. The monoisotopic (exact) mass is 429 g/mol. The smallest absolute Gasteiger partial charge is 0.293 e. The molecule has 156 valence electrons. The molecule has 0 aliphatic carbocycles. The first-order chi connectivity index (χ1) is 14.3. The highest BCUT2D eigenvalue weighted by Gasteiger charge is 2.29. The van der Waals surface area contributed by atoms with Crippen molar-refractivity contribution in [1.29, 1.82) is 0 Å². The van der Waals surface area contributed by atoms with E-state index in [4.69, 9.17) is 9.66 Å². The lowest BCUT2D eigenvalue weighted by Crippen LogP contribution is -2.33. The molecule has 1 saturated heterocycles. The average molecular weight is 429 g/mol. The van der Waals surface area contributed by atoms with E-state index in [1.54, 1.807) is 0 Å². The summed E-state index contributed by atoms with van der Waals surface area (Å²) in [5.74, 6) is 1.13. The van der Waals surface area contributed by atoms with Gasteiger partial charge < -0.3 is 9.42 Å². The summed E-state index contributed by atoms with van der Waals surface area (Å²) in [5.41, 5.74) is 0.945. The fourth-order valence-electron chi connectivity index (χ4n) is 3.57. The Morgan fingerprint density at radius 2 is 1.83 bits per heavy atom. The minimum Gasteiger partial charge on any atom is -0.366 e. The van der Waals surface area contributed by atoms with Gasteiger partial charge in [-0.25, -0.2) is 13.6 Å². The lowest BCUT2D eigenvalue weighted by Gasteiger charge is -2.31. The second kappa shape index (κ2) is 7.84. The van der Waals surface area contributed by atoms with Gasteiger partial charge >= 0.3 is 0 Å². The van der Waals surface area contributed by atoms with Gasteiger partial charge in [-0.15, -0.1) is 0 Å². The highest BCUT2D eigenvalue weighted by atomic mass is 32.2. The van der Waals surface area contributed by atoms with Crippen molar-refractivity contribution in [3.05, 3.63) is 64.5 Å². The van der Waals surface area contributed by atoms with E-state index in [0.717, 1.165) is 11.6 Å². The zero-order valence-electron chi connectivity index (χ0n) is 15.8. The van der Waals surface area contributed by atoms with Crippen molar-refractivity contribution in [3.8, 4) is 11.4 Å².